The molecule has 0 bridgehead atoms. The Morgan fingerprint density at radius 1 is 1.04 bits per heavy atom. The van der Waals surface area contributed by atoms with Crippen molar-refractivity contribution in [2.24, 2.45) is 0 Å². The first-order chi connectivity index (χ1) is 11.4. The van der Waals surface area contributed by atoms with Gasteiger partial charge in [-0.15, -0.1) is 12.4 Å². The molecule has 9 heteroatoms. The molecule has 1 N–H and O–H groups in total. The molecular weight excluding hydrogens is 361 g/mol. The Balaban J connectivity index is 0.00000312. The average Bonchev–Trinajstić information content (AvgIpc) is 2.58. The van der Waals surface area contributed by atoms with E-state index in [2.05, 4.69) is 5.32 Å². The van der Waals surface area contributed by atoms with Crippen LogP contribution in [0, 0.1) is 0 Å². The molecule has 25 heavy (non-hydrogen) atoms. The number of hydrogen-bond donors (Lipinski definition) is 1. The van der Waals surface area contributed by atoms with Gasteiger partial charge in [0.2, 0.25) is 5.75 Å². The summed E-state index contributed by atoms with van der Waals surface area (Å²) in [6.07, 6.45) is -5.23. The van der Waals surface area contributed by atoms with E-state index in [-0.39, 0.29) is 18.2 Å². The molecular formula is C16H24ClF3N2O3. The van der Waals surface area contributed by atoms with Gasteiger partial charge in [-0.05, 0) is 12.1 Å². The van der Waals surface area contributed by atoms with Crippen LogP contribution in [0.4, 0.5) is 13.2 Å². The summed E-state index contributed by atoms with van der Waals surface area (Å²) in [6, 6.07) is 2.41. The number of halogens is 4. The highest BCUT2D eigenvalue weighted by Gasteiger charge is 2.38. The number of benzene rings is 1. The monoisotopic (exact) mass is 384 g/mol. The third-order valence-electron chi connectivity index (χ3n) is 4.11. The minimum Gasteiger partial charge on any atom is -0.493 e. The van der Waals surface area contributed by atoms with Crippen LogP contribution in [0.5, 0.6) is 17.2 Å². The van der Waals surface area contributed by atoms with Crippen molar-refractivity contribution in [2.75, 3.05) is 47.5 Å². The summed E-state index contributed by atoms with van der Waals surface area (Å²) >= 11 is 0. The summed E-state index contributed by atoms with van der Waals surface area (Å²) in [4.78, 5) is 1.83. The highest BCUT2D eigenvalue weighted by atomic mass is 35.5. The number of nitrogens with zero attached hydrogens (tertiary/aromatic N) is 1. The van der Waals surface area contributed by atoms with Crippen LogP contribution in [-0.2, 0) is 0 Å². The van der Waals surface area contributed by atoms with Crippen molar-refractivity contribution in [2.45, 2.75) is 18.6 Å². The molecule has 5 nitrogen and oxygen atoms in total. The zero-order valence-corrected chi connectivity index (χ0v) is 15.3. The molecule has 0 saturated carbocycles. The van der Waals surface area contributed by atoms with Gasteiger partial charge in [0.15, 0.2) is 11.5 Å². The van der Waals surface area contributed by atoms with E-state index in [9.17, 15) is 13.2 Å². The maximum absolute atomic E-state index is 13.2. The molecule has 1 aromatic rings. The molecule has 0 unspecified atom stereocenters. The smallest absolute Gasteiger partial charge is 0.390 e. The third kappa shape index (κ3) is 5.29. The fourth-order valence-corrected chi connectivity index (χ4v) is 3.04. The molecule has 0 spiro atoms. The van der Waals surface area contributed by atoms with E-state index in [1.165, 1.54) is 21.3 Å². The molecule has 0 aromatic heterocycles. The Morgan fingerprint density at radius 2 is 1.64 bits per heavy atom. The van der Waals surface area contributed by atoms with Crippen LogP contribution in [-0.4, -0.2) is 58.6 Å². The number of ether oxygens (including phenoxy) is 3. The van der Waals surface area contributed by atoms with Gasteiger partial charge < -0.3 is 19.5 Å². The first-order valence-electron chi connectivity index (χ1n) is 7.71. The lowest BCUT2D eigenvalue weighted by Crippen LogP contribution is -2.46. The van der Waals surface area contributed by atoms with E-state index < -0.39 is 18.6 Å². The lowest BCUT2D eigenvalue weighted by atomic mass is 9.98. The van der Waals surface area contributed by atoms with Crippen LogP contribution in [0.15, 0.2) is 12.1 Å². The Bertz CT molecular complexity index is 552. The number of hydrogen-bond acceptors (Lipinski definition) is 5. The van der Waals surface area contributed by atoms with Crippen molar-refractivity contribution >= 4 is 12.4 Å². The summed E-state index contributed by atoms with van der Waals surface area (Å²) in [5.41, 5.74) is 0.453. The van der Waals surface area contributed by atoms with Crippen molar-refractivity contribution in [1.29, 1.82) is 0 Å². The predicted molar refractivity (Wildman–Crippen MR) is 91.2 cm³/mol. The van der Waals surface area contributed by atoms with Crippen LogP contribution in [0.1, 0.15) is 18.0 Å². The molecule has 1 saturated heterocycles. The Kier molecular flexibility index (Phi) is 8.11. The third-order valence-corrected chi connectivity index (χ3v) is 4.11. The minimum absolute atomic E-state index is 0. The van der Waals surface area contributed by atoms with Crippen LogP contribution < -0.4 is 19.5 Å². The first kappa shape index (κ1) is 21.7. The molecule has 0 aliphatic carbocycles. The van der Waals surface area contributed by atoms with Gasteiger partial charge >= 0.3 is 6.18 Å². The van der Waals surface area contributed by atoms with Gasteiger partial charge in [0, 0.05) is 37.8 Å². The lowest BCUT2D eigenvalue weighted by Gasteiger charge is -2.36. The topological polar surface area (TPSA) is 43.0 Å². The number of alkyl halides is 3. The Morgan fingerprint density at radius 3 is 2.12 bits per heavy atom. The van der Waals surface area contributed by atoms with E-state index >= 15 is 0 Å². The van der Waals surface area contributed by atoms with Gasteiger partial charge in [-0.2, -0.15) is 13.2 Å². The van der Waals surface area contributed by atoms with Gasteiger partial charge in [-0.3, -0.25) is 4.90 Å². The number of piperazine rings is 1. The number of methoxy groups -OCH3 is 3. The summed E-state index contributed by atoms with van der Waals surface area (Å²) in [6.45, 7) is 2.39. The SMILES string of the molecule is COc1ccc([C@H](CC(F)(F)F)N2CCNCC2)c(OC)c1OC.Cl. The van der Waals surface area contributed by atoms with E-state index in [1.807, 2.05) is 4.90 Å². The van der Waals surface area contributed by atoms with Crippen molar-refractivity contribution in [3.05, 3.63) is 17.7 Å². The van der Waals surface area contributed by atoms with Crippen LogP contribution in [0.2, 0.25) is 0 Å². The van der Waals surface area contributed by atoms with Crippen molar-refractivity contribution in [3.63, 3.8) is 0 Å². The first-order valence-corrected chi connectivity index (χ1v) is 7.71. The molecule has 0 radical (unpaired) electrons. The van der Waals surface area contributed by atoms with Crippen molar-refractivity contribution in [3.8, 4) is 17.2 Å². The van der Waals surface area contributed by atoms with Gasteiger partial charge in [-0.1, -0.05) is 0 Å². The lowest BCUT2D eigenvalue weighted by molar-refractivity contribution is -0.148. The standard InChI is InChI=1S/C16H23F3N2O3.ClH/c1-22-13-5-4-11(14(23-2)15(13)24-3)12(10-16(17,18)19)21-8-6-20-7-9-21;/h4-5,12,20H,6-10H2,1-3H3;1H/t12-;/m0./s1. The second-order valence-corrected chi connectivity index (χ2v) is 5.54. The average molecular weight is 385 g/mol. The fourth-order valence-electron chi connectivity index (χ4n) is 3.04. The maximum Gasteiger partial charge on any atom is 0.390 e. The molecule has 144 valence electrons. The highest BCUT2D eigenvalue weighted by molar-refractivity contribution is 5.85. The Hall–Kier alpha value is -1.38. The predicted octanol–water partition coefficient (Wildman–Crippen LogP) is 3.03. The van der Waals surface area contributed by atoms with Gasteiger partial charge in [0.25, 0.3) is 0 Å². The molecule has 0 amide bonds. The molecule has 2 rings (SSSR count). The van der Waals surface area contributed by atoms with E-state index in [0.29, 0.717) is 43.2 Å². The maximum atomic E-state index is 13.2. The summed E-state index contributed by atoms with van der Waals surface area (Å²) in [5.74, 6) is 1.01. The second-order valence-electron chi connectivity index (χ2n) is 5.54. The quantitative estimate of drug-likeness (QED) is 0.816. The van der Waals surface area contributed by atoms with E-state index in [1.54, 1.807) is 12.1 Å². The highest BCUT2D eigenvalue weighted by Crippen LogP contribution is 2.46. The van der Waals surface area contributed by atoms with Gasteiger partial charge in [0.1, 0.15) is 0 Å². The van der Waals surface area contributed by atoms with Crippen LogP contribution >= 0.6 is 12.4 Å². The molecule has 1 aliphatic rings. The summed E-state index contributed by atoms with van der Waals surface area (Å²) in [7, 11) is 4.33. The number of rotatable bonds is 6. The summed E-state index contributed by atoms with van der Waals surface area (Å²) < 4.78 is 55.4. The van der Waals surface area contributed by atoms with Crippen molar-refractivity contribution < 1.29 is 27.4 Å². The van der Waals surface area contributed by atoms with E-state index in [0.717, 1.165) is 0 Å². The fraction of sp³-hybridized carbons (Fsp3) is 0.625. The summed E-state index contributed by atoms with van der Waals surface area (Å²) in [5, 5.41) is 3.15. The van der Waals surface area contributed by atoms with Gasteiger partial charge in [0.05, 0.1) is 27.8 Å². The van der Waals surface area contributed by atoms with Gasteiger partial charge in [-0.25, -0.2) is 0 Å². The Labute approximate surface area is 151 Å². The molecule has 1 aromatic carbocycles. The molecule has 1 aliphatic heterocycles. The molecule has 1 heterocycles. The van der Waals surface area contributed by atoms with Crippen LogP contribution in [0.25, 0.3) is 0 Å². The largest absolute Gasteiger partial charge is 0.493 e. The number of nitrogens with one attached hydrogen (secondary N) is 1. The molecule has 1 fully saturated rings. The van der Waals surface area contributed by atoms with Crippen LogP contribution in [0.3, 0.4) is 0 Å². The zero-order valence-electron chi connectivity index (χ0n) is 14.5. The normalized spacial score (nSPS) is 16.7. The zero-order chi connectivity index (χ0) is 17.7. The van der Waals surface area contributed by atoms with E-state index in [4.69, 9.17) is 14.2 Å². The van der Waals surface area contributed by atoms with Crippen molar-refractivity contribution in [1.82, 2.24) is 10.2 Å². The second kappa shape index (κ2) is 9.35. The molecule has 1 atom stereocenters. The minimum atomic E-state index is -4.28.